The standard InChI is InChI=1S/C15H13FN4O2/c16-12-6-8-14(9-7-12)22-11-10-19-15(21)20(18-17-19)13-4-2-1-3-5-13/h1-9H,10-11H2. The maximum atomic E-state index is 12.8. The lowest BCUT2D eigenvalue weighted by atomic mass is 10.3. The Morgan fingerprint density at radius 1 is 1.00 bits per heavy atom. The van der Waals surface area contributed by atoms with Crippen LogP contribution in [0.4, 0.5) is 4.39 Å². The number of nitrogens with zero attached hydrogens (tertiary/aromatic N) is 4. The van der Waals surface area contributed by atoms with Crippen LogP contribution in [0.15, 0.2) is 59.4 Å². The van der Waals surface area contributed by atoms with Gasteiger partial charge in [0.1, 0.15) is 18.2 Å². The largest absolute Gasteiger partial charge is 0.492 e. The average molecular weight is 300 g/mol. The van der Waals surface area contributed by atoms with Crippen molar-refractivity contribution in [2.75, 3.05) is 6.61 Å². The number of benzene rings is 2. The van der Waals surface area contributed by atoms with E-state index in [2.05, 4.69) is 10.4 Å². The Morgan fingerprint density at radius 3 is 2.45 bits per heavy atom. The van der Waals surface area contributed by atoms with Crippen LogP contribution in [-0.4, -0.2) is 26.4 Å². The quantitative estimate of drug-likeness (QED) is 0.719. The van der Waals surface area contributed by atoms with E-state index < -0.39 is 0 Å². The van der Waals surface area contributed by atoms with Crippen LogP contribution in [0.5, 0.6) is 5.75 Å². The average Bonchev–Trinajstić information content (AvgIpc) is 2.91. The fraction of sp³-hybridized carbons (Fsp3) is 0.133. The minimum Gasteiger partial charge on any atom is -0.492 e. The van der Waals surface area contributed by atoms with Gasteiger partial charge in [-0.05, 0) is 46.8 Å². The maximum Gasteiger partial charge on any atom is 0.368 e. The summed E-state index contributed by atoms with van der Waals surface area (Å²) in [5.74, 6) is 0.208. The molecule has 0 unspecified atom stereocenters. The third-order valence-corrected chi connectivity index (χ3v) is 3.03. The first-order chi connectivity index (χ1) is 10.7. The summed E-state index contributed by atoms with van der Waals surface area (Å²) in [6, 6.07) is 14.7. The molecule has 22 heavy (non-hydrogen) atoms. The molecule has 7 heteroatoms. The number of aromatic nitrogens is 4. The van der Waals surface area contributed by atoms with E-state index in [1.165, 1.54) is 33.6 Å². The molecule has 0 radical (unpaired) electrons. The van der Waals surface area contributed by atoms with Gasteiger partial charge in [-0.3, -0.25) is 0 Å². The second-order valence-electron chi connectivity index (χ2n) is 4.53. The lowest BCUT2D eigenvalue weighted by Gasteiger charge is -2.04. The molecule has 3 rings (SSSR count). The smallest absolute Gasteiger partial charge is 0.368 e. The van der Waals surface area contributed by atoms with Crippen LogP contribution >= 0.6 is 0 Å². The molecule has 0 amide bonds. The second kappa shape index (κ2) is 6.21. The summed E-state index contributed by atoms with van der Waals surface area (Å²) in [5, 5.41) is 7.65. The van der Waals surface area contributed by atoms with E-state index in [9.17, 15) is 9.18 Å². The zero-order valence-electron chi connectivity index (χ0n) is 11.6. The number of hydrogen-bond donors (Lipinski definition) is 0. The van der Waals surface area contributed by atoms with Crippen molar-refractivity contribution in [1.82, 2.24) is 19.8 Å². The molecule has 0 aliphatic carbocycles. The minimum atomic E-state index is -0.339. The van der Waals surface area contributed by atoms with Crippen LogP contribution in [0.25, 0.3) is 5.69 Å². The minimum absolute atomic E-state index is 0.235. The number of tetrazole rings is 1. The molecule has 0 aliphatic heterocycles. The molecule has 0 saturated carbocycles. The van der Waals surface area contributed by atoms with Gasteiger partial charge >= 0.3 is 5.69 Å². The highest BCUT2D eigenvalue weighted by Crippen LogP contribution is 2.10. The monoisotopic (exact) mass is 300 g/mol. The summed E-state index contributed by atoms with van der Waals surface area (Å²) in [6.45, 7) is 0.488. The summed E-state index contributed by atoms with van der Waals surface area (Å²) >= 11 is 0. The molecule has 0 spiro atoms. The molecule has 1 heterocycles. The van der Waals surface area contributed by atoms with Crippen LogP contribution in [0.2, 0.25) is 0 Å². The van der Waals surface area contributed by atoms with Gasteiger partial charge in [-0.1, -0.05) is 18.2 Å². The first-order valence-electron chi connectivity index (χ1n) is 6.71. The molecule has 0 bridgehead atoms. The molecule has 0 N–H and O–H groups in total. The third kappa shape index (κ3) is 3.03. The fourth-order valence-corrected chi connectivity index (χ4v) is 1.93. The summed E-state index contributed by atoms with van der Waals surface area (Å²) < 4.78 is 20.6. The molecule has 112 valence electrons. The zero-order valence-corrected chi connectivity index (χ0v) is 11.6. The molecule has 0 fully saturated rings. The Kier molecular flexibility index (Phi) is 3.95. The molecule has 2 aromatic carbocycles. The van der Waals surface area contributed by atoms with Gasteiger partial charge in [0.15, 0.2) is 0 Å². The Balaban J connectivity index is 1.65. The molecule has 3 aromatic rings. The van der Waals surface area contributed by atoms with Crippen molar-refractivity contribution in [3.05, 3.63) is 70.9 Å². The Bertz CT molecular complexity index is 796. The molecular formula is C15H13FN4O2. The Labute approximate surface area is 125 Å². The van der Waals surface area contributed by atoms with Crippen LogP contribution < -0.4 is 10.4 Å². The van der Waals surface area contributed by atoms with Crippen LogP contribution in [0.3, 0.4) is 0 Å². The third-order valence-electron chi connectivity index (χ3n) is 3.03. The zero-order chi connectivity index (χ0) is 15.4. The van der Waals surface area contributed by atoms with Crippen molar-refractivity contribution in [2.24, 2.45) is 0 Å². The summed E-state index contributed by atoms with van der Waals surface area (Å²) in [5.41, 5.74) is 0.312. The lowest BCUT2D eigenvalue weighted by molar-refractivity contribution is 0.287. The lowest BCUT2D eigenvalue weighted by Crippen LogP contribution is -2.26. The van der Waals surface area contributed by atoms with Crippen LogP contribution in [-0.2, 0) is 6.54 Å². The van der Waals surface area contributed by atoms with E-state index in [0.29, 0.717) is 11.4 Å². The fourth-order valence-electron chi connectivity index (χ4n) is 1.93. The van der Waals surface area contributed by atoms with Crippen molar-refractivity contribution < 1.29 is 9.13 Å². The molecule has 0 aliphatic rings. The van der Waals surface area contributed by atoms with Crippen molar-refractivity contribution in [1.29, 1.82) is 0 Å². The number of para-hydroxylation sites is 1. The summed E-state index contributed by atoms with van der Waals surface area (Å²) in [6.07, 6.45) is 0. The number of ether oxygens (including phenoxy) is 1. The SMILES string of the molecule is O=c1n(CCOc2ccc(F)cc2)nnn1-c1ccccc1. The Hall–Kier alpha value is -2.96. The highest BCUT2D eigenvalue weighted by atomic mass is 19.1. The van der Waals surface area contributed by atoms with E-state index in [1.54, 1.807) is 12.1 Å². The van der Waals surface area contributed by atoms with Crippen LogP contribution in [0.1, 0.15) is 0 Å². The summed E-state index contributed by atoms with van der Waals surface area (Å²) in [7, 11) is 0. The molecule has 0 saturated heterocycles. The molecular weight excluding hydrogens is 287 g/mol. The van der Waals surface area contributed by atoms with Gasteiger partial charge in [-0.15, -0.1) is 0 Å². The van der Waals surface area contributed by atoms with Gasteiger partial charge in [0.05, 0.1) is 12.2 Å². The number of rotatable bonds is 5. The van der Waals surface area contributed by atoms with Gasteiger partial charge in [0.25, 0.3) is 0 Å². The highest BCUT2D eigenvalue weighted by Gasteiger charge is 2.08. The molecule has 0 atom stereocenters. The van der Waals surface area contributed by atoms with Crippen molar-refractivity contribution in [3.63, 3.8) is 0 Å². The number of hydrogen-bond acceptors (Lipinski definition) is 4. The first-order valence-corrected chi connectivity index (χ1v) is 6.71. The second-order valence-corrected chi connectivity index (χ2v) is 4.53. The maximum absolute atomic E-state index is 12.8. The van der Waals surface area contributed by atoms with E-state index in [0.717, 1.165) is 0 Å². The topological polar surface area (TPSA) is 61.9 Å². The van der Waals surface area contributed by atoms with Gasteiger partial charge < -0.3 is 4.74 Å². The van der Waals surface area contributed by atoms with Gasteiger partial charge in [-0.2, -0.15) is 9.36 Å². The van der Waals surface area contributed by atoms with Crippen molar-refractivity contribution in [3.8, 4) is 11.4 Å². The summed E-state index contributed by atoms with van der Waals surface area (Å²) in [4.78, 5) is 12.2. The highest BCUT2D eigenvalue weighted by molar-refractivity contribution is 5.28. The van der Waals surface area contributed by atoms with Gasteiger partial charge in [0, 0.05) is 0 Å². The first kappa shape index (κ1) is 14.0. The van der Waals surface area contributed by atoms with E-state index in [4.69, 9.17) is 4.74 Å². The predicted molar refractivity (Wildman–Crippen MR) is 77.5 cm³/mol. The van der Waals surface area contributed by atoms with Gasteiger partial charge in [0.2, 0.25) is 0 Å². The predicted octanol–water partition coefficient (Wildman–Crippen LogP) is 1.65. The molecule has 1 aromatic heterocycles. The normalized spacial score (nSPS) is 10.6. The Morgan fingerprint density at radius 2 is 1.73 bits per heavy atom. The van der Waals surface area contributed by atoms with Crippen molar-refractivity contribution in [2.45, 2.75) is 6.54 Å². The number of halogens is 1. The van der Waals surface area contributed by atoms with E-state index in [1.807, 2.05) is 18.2 Å². The van der Waals surface area contributed by atoms with Gasteiger partial charge in [-0.25, -0.2) is 9.18 Å². The van der Waals surface area contributed by atoms with E-state index >= 15 is 0 Å². The molecule has 6 nitrogen and oxygen atoms in total. The van der Waals surface area contributed by atoms with Crippen LogP contribution in [0, 0.1) is 5.82 Å². The van der Waals surface area contributed by atoms with E-state index in [-0.39, 0.29) is 24.7 Å². The van der Waals surface area contributed by atoms with Crippen molar-refractivity contribution >= 4 is 0 Å².